The Morgan fingerprint density at radius 3 is 2.78 bits per heavy atom. The number of aryl methyl sites for hydroxylation is 1. The maximum atomic E-state index is 5.39. The van der Waals surface area contributed by atoms with Crippen molar-refractivity contribution in [2.24, 2.45) is 0 Å². The normalized spacial score (nSPS) is 12.6. The van der Waals surface area contributed by atoms with Crippen LogP contribution in [0.3, 0.4) is 0 Å². The van der Waals surface area contributed by atoms with Gasteiger partial charge in [0.2, 0.25) is 11.9 Å². The van der Waals surface area contributed by atoms with Gasteiger partial charge < -0.3 is 9.47 Å². The first kappa shape index (κ1) is 14.1. The van der Waals surface area contributed by atoms with Gasteiger partial charge in [-0.3, -0.25) is 5.10 Å². The monoisotopic (exact) mass is 325 g/mol. The third kappa shape index (κ3) is 3.03. The number of hydrogen-bond donors (Lipinski definition) is 1. The molecule has 1 aliphatic rings. The smallest absolute Gasteiger partial charge is 0.231 e. The number of thioether (sulfide) groups is 1. The van der Waals surface area contributed by atoms with E-state index in [1.807, 2.05) is 30.3 Å². The first-order valence-electron chi connectivity index (χ1n) is 7.29. The minimum atomic E-state index is 0.298. The molecule has 1 aromatic heterocycles. The summed E-state index contributed by atoms with van der Waals surface area (Å²) in [5, 5.41) is 8.00. The van der Waals surface area contributed by atoms with Crippen molar-refractivity contribution in [3.8, 4) is 22.9 Å². The topological polar surface area (TPSA) is 60.0 Å². The lowest BCUT2D eigenvalue weighted by Crippen LogP contribution is -1.92. The standard InChI is InChI=1S/C17H15N3O2S/c1-11-2-5-13(6-3-11)16-18-17(20-19-16)23-9-12-4-7-14-15(8-12)22-10-21-14/h2-8H,9-10H2,1H3,(H,18,19,20). The van der Waals surface area contributed by atoms with Crippen LogP contribution in [0, 0.1) is 6.92 Å². The summed E-state index contributed by atoms with van der Waals surface area (Å²) >= 11 is 1.59. The van der Waals surface area contributed by atoms with E-state index in [1.165, 1.54) is 5.56 Å². The zero-order chi connectivity index (χ0) is 15.6. The molecule has 1 N–H and O–H groups in total. The highest BCUT2D eigenvalue weighted by molar-refractivity contribution is 7.98. The van der Waals surface area contributed by atoms with Gasteiger partial charge in [-0.25, -0.2) is 4.98 Å². The molecule has 116 valence electrons. The van der Waals surface area contributed by atoms with Gasteiger partial charge in [0.1, 0.15) is 0 Å². The molecule has 0 atom stereocenters. The largest absolute Gasteiger partial charge is 0.454 e. The fraction of sp³-hybridized carbons (Fsp3) is 0.176. The summed E-state index contributed by atoms with van der Waals surface area (Å²) in [5.41, 5.74) is 3.42. The maximum absolute atomic E-state index is 5.39. The summed E-state index contributed by atoms with van der Waals surface area (Å²) < 4.78 is 10.7. The van der Waals surface area contributed by atoms with Gasteiger partial charge in [-0.2, -0.15) is 0 Å². The van der Waals surface area contributed by atoms with Gasteiger partial charge in [-0.05, 0) is 24.6 Å². The van der Waals surface area contributed by atoms with Crippen LogP contribution >= 0.6 is 11.8 Å². The molecule has 0 aliphatic carbocycles. The lowest BCUT2D eigenvalue weighted by atomic mass is 10.1. The summed E-state index contributed by atoms with van der Waals surface area (Å²) in [6.45, 7) is 2.36. The van der Waals surface area contributed by atoms with E-state index in [0.717, 1.165) is 39.4 Å². The molecule has 0 fully saturated rings. The minimum absolute atomic E-state index is 0.298. The van der Waals surface area contributed by atoms with Crippen LogP contribution in [0.5, 0.6) is 11.5 Å². The number of fused-ring (bicyclic) bond motifs is 1. The predicted molar refractivity (Wildman–Crippen MR) is 88.7 cm³/mol. The van der Waals surface area contributed by atoms with Gasteiger partial charge in [-0.15, -0.1) is 5.10 Å². The molecular formula is C17H15N3O2S. The quantitative estimate of drug-likeness (QED) is 0.739. The molecule has 1 aliphatic heterocycles. The fourth-order valence-corrected chi connectivity index (χ4v) is 3.07. The molecule has 0 bridgehead atoms. The van der Waals surface area contributed by atoms with Crippen LogP contribution in [0.2, 0.25) is 0 Å². The highest BCUT2D eigenvalue weighted by Gasteiger charge is 2.13. The number of nitrogens with zero attached hydrogens (tertiary/aromatic N) is 2. The summed E-state index contributed by atoms with van der Waals surface area (Å²) in [5.74, 6) is 3.18. The van der Waals surface area contributed by atoms with Crippen molar-refractivity contribution < 1.29 is 9.47 Å². The summed E-state index contributed by atoms with van der Waals surface area (Å²) in [6.07, 6.45) is 0. The van der Waals surface area contributed by atoms with E-state index < -0.39 is 0 Å². The highest BCUT2D eigenvalue weighted by atomic mass is 32.2. The second-order valence-corrected chi connectivity index (χ2v) is 6.25. The van der Waals surface area contributed by atoms with E-state index in [0.29, 0.717) is 6.79 Å². The number of rotatable bonds is 4. The van der Waals surface area contributed by atoms with Crippen LogP contribution in [-0.4, -0.2) is 22.0 Å². The van der Waals surface area contributed by atoms with Gasteiger partial charge in [0.25, 0.3) is 0 Å². The van der Waals surface area contributed by atoms with Crippen molar-refractivity contribution in [2.45, 2.75) is 17.8 Å². The molecule has 3 aromatic rings. The third-order valence-corrected chi connectivity index (χ3v) is 4.51. The van der Waals surface area contributed by atoms with Crippen LogP contribution in [-0.2, 0) is 5.75 Å². The van der Waals surface area contributed by atoms with Crippen LogP contribution in [0.25, 0.3) is 11.4 Å². The molecule has 0 saturated heterocycles. The molecule has 5 nitrogen and oxygen atoms in total. The Balaban J connectivity index is 1.44. The van der Waals surface area contributed by atoms with E-state index >= 15 is 0 Å². The molecule has 0 radical (unpaired) electrons. The van der Waals surface area contributed by atoms with Crippen molar-refractivity contribution in [3.05, 3.63) is 53.6 Å². The molecule has 0 spiro atoms. The zero-order valence-electron chi connectivity index (χ0n) is 12.6. The average molecular weight is 325 g/mol. The van der Waals surface area contributed by atoms with Crippen LogP contribution in [0.1, 0.15) is 11.1 Å². The number of benzene rings is 2. The molecule has 4 rings (SSSR count). The number of nitrogens with one attached hydrogen (secondary N) is 1. The average Bonchev–Trinajstić information content (AvgIpc) is 3.22. The molecule has 0 amide bonds. The molecule has 2 heterocycles. The van der Waals surface area contributed by atoms with Crippen molar-refractivity contribution in [1.82, 2.24) is 15.2 Å². The molecule has 23 heavy (non-hydrogen) atoms. The maximum Gasteiger partial charge on any atom is 0.231 e. The van der Waals surface area contributed by atoms with E-state index in [1.54, 1.807) is 11.8 Å². The highest BCUT2D eigenvalue weighted by Crippen LogP contribution is 2.34. The fourth-order valence-electron chi connectivity index (χ4n) is 2.33. The summed E-state index contributed by atoms with van der Waals surface area (Å²) in [6, 6.07) is 14.2. The predicted octanol–water partition coefficient (Wildman–Crippen LogP) is 3.80. The van der Waals surface area contributed by atoms with E-state index in [9.17, 15) is 0 Å². The second-order valence-electron chi connectivity index (χ2n) is 5.31. The molecule has 6 heteroatoms. The number of aromatic amines is 1. The second kappa shape index (κ2) is 5.96. The Bertz CT molecular complexity index is 830. The van der Waals surface area contributed by atoms with E-state index in [2.05, 4.69) is 34.2 Å². The third-order valence-electron chi connectivity index (χ3n) is 3.59. The Hall–Kier alpha value is -2.47. The van der Waals surface area contributed by atoms with Gasteiger partial charge >= 0.3 is 0 Å². The molecule has 0 unspecified atom stereocenters. The molecular weight excluding hydrogens is 310 g/mol. The van der Waals surface area contributed by atoms with Gasteiger partial charge in [0, 0.05) is 11.3 Å². The molecule has 2 aromatic carbocycles. The van der Waals surface area contributed by atoms with E-state index in [-0.39, 0.29) is 0 Å². The molecule has 0 saturated carbocycles. The van der Waals surface area contributed by atoms with Crippen LogP contribution in [0.15, 0.2) is 47.6 Å². The van der Waals surface area contributed by atoms with Gasteiger partial charge in [0.15, 0.2) is 17.3 Å². The van der Waals surface area contributed by atoms with E-state index in [4.69, 9.17) is 9.47 Å². The van der Waals surface area contributed by atoms with Gasteiger partial charge in [-0.1, -0.05) is 47.7 Å². The Kier molecular flexibility index (Phi) is 3.67. The summed E-state index contributed by atoms with van der Waals surface area (Å²) in [4.78, 5) is 4.54. The number of H-pyrrole nitrogens is 1. The van der Waals surface area contributed by atoms with Crippen molar-refractivity contribution in [2.75, 3.05) is 6.79 Å². The number of ether oxygens (including phenoxy) is 2. The minimum Gasteiger partial charge on any atom is -0.454 e. The Morgan fingerprint density at radius 1 is 1.09 bits per heavy atom. The zero-order valence-corrected chi connectivity index (χ0v) is 13.4. The Morgan fingerprint density at radius 2 is 1.91 bits per heavy atom. The first-order chi connectivity index (χ1) is 11.3. The van der Waals surface area contributed by atoms with Gasteiger partial charge in [0.05, 0.1) is 0 Å². The van der Waals surface area contributed by atoms with Crippen LogP contribution in [0.4, 0.5) is 0 Å². The number of aromatic nitrogens is 3. The lowest BCUT2D eigenvalue weighted by molar-refractivity contribution is 0.174. The lowest BCUT2D eigenvalue weighted by Gasteiger charge is -2.01. The Labute approximate surface area is 138 Å². The van der Waals surface area contributed by atoms with Crippen LogP contribution < -0.4 is 9.47 Å². The van der Waals surface area contributed by atoms with Crippen molar-refractivity contribution in [3.63, 3.8) is 0 Å². The number of hydrogen-bond acceptors (Lipinski definition) is 5. The first-order valence-corrected chi connectivity index (χ1v) is 8.27. The van der Waals surface area contributed by atoms with Crippen molar-refractivity contribution >= 4 is 11.8 Å². The summed E-state index contributed by atoms with van der Waals surface area (Å²) in [7, 11) is 0. The van der Waals surface area contributed by atoms with Crippen molar-refractivity contribution in [1.29, 1.82) is 0 Å². The SMILES string of the molecule is Cc1ccc(-c2nc(SCc3ccc4c(c3)OCO4)n[nH]2)cc1.